The second kappa shape index (κ2) is 7.24. The van der Waals surface area contributed by atoms with Crippen molar-refractivity contribution in [3.8, 4) is 0 Å². The number of halogens is 1. The first kappa shape index (κ1) is 17.9. The number of hydrogen-bond acceptors (Lipinski definition) is 7. The van der Waals surface area contributed by atoms with E-state index < -0.39 is 18.5 Å². The van der Waals surface area contributed by atoms with E-state index in [4.69, 9.17) is 21.7 Å². The molecule has 0 bridgehead atoms. The number of cyclic esters (lactones) is 1. The number of nitrogens with one attached hydrogen (secondary N) is 1. The highest BCUT2D eigenvalue weighted by Gasteiger charge is 2.37. The molecule has 1 aromatic heterocycles. The Morgan fingerprint density at radius 1 is 1.41 bits per heavy atom. The number of carbonyl (C=O) groups is 1. The van der Waals surface area contributed by atoms with Crippen LogP contribution in [0, 0.1) is 4.77 Å². The van der Waals surface area contributed by atoms with Gasteiger partial charge in [-0.25, -0.2) is 13.9 Å². The number of nitrogens with zero attached hydrogens (tertiary/aromatic N) is 5. The maximum absolute atomic E-state index is 14.1. The first-order valence-electron chi connectivity index (χ1n) is 8.61. The first-order chi connectivity index (χ1) is 13.0. The molecule has 2 aliphatic heterocycles. The molecule has 2 fully saturated rings. The summed E-state index contributed by atoms with van der Waals surface area (Å²) < 4.78 is 26.7. The zero-order chi connectivity index (χ0) is 19.0. The molecule has 2 aromatic rings. The van der Waals surface area contributed by atoms with E-state index in [9.17, 15) is 9.18 Å². The summed E-state index contributed by atoms with van der Waals surface area (Å²) in [6.07, 6.45) is -2.09. The highest BCUT2D eigenvalue weighted by molar-refractivity contribution is 7.71. The van der Waals surface area contributed by atoms with Crippen molar-refractivity contribution in [3.63, 3.8) is 0 Å². The largest absolute Gasteiger partial charge is 0.442 e. The molecule has 11 heteroatoms. The molecule has 1 N–H and O–H groups in total. The summed E-state index contributed by atoms with van der Waals surface area (Å²) in [7, 11) is 0. The fourth-order valence-corrected chi connectivity index (χ4v) is 3.53. The third-order valence-electron chi connectivity index (χ3n) is 4.82. The van der Waals surface area contributed by atoms with Gasteiger partial charge in [-0.2, -0.15) is 5.21 Å². The van der Waals surface area contributed by atoms with E-state index in [0.29, 0.717) is 35.8 Å². The predicted octanol–water partition coefficient (Wildman–Crippen LogP) is 2.05. The third kappa shape index (κ3) is 3.39. The fraction of sp³-hybridized carbons (Fsp3) is 0.500. The molecule has 9 nitrogen and oxygen atoms in total. The lowest BCUT2D eigenvalue weighted by Crippen LogP contribution is -2.43. The summed E-state index contributed by atoms with van der Waals surface area (Å²) >= 11 is 5.10. The normalized spacial score (nSPS) is 24.1. The topological polar surface area (TPSA) is 88.5 Å². The summed E-state index contributed by atoms with van der Waals surface area (Å²) in [6, 6.07) is 6.95. The van der Waals surface area contributed by atoms with Gasteiger partial charge in [-0.3, -0.25) is 4.90 Å². The molecule has 2 aliphatic rings. The third-order valence-corrected chi connectivity index (χ3v) is 5.10. The Kier molecular flexibility index (Phi) is 4.79. The molecule has 2 unspecified atom stereocenters. The quantitative estimate of drug-likeness (QED) is 0.627. The Morgan fingerprint density at radius 3 is 2.96 bits per heavy atom. The van der Waals surface area contributed by atoms with Crippen LogP contribution in [0.1, 0.15) is 13.0 Å². The van der Waals surface area contributed by atoms with Gasteiger partial charge in [-0.1, -0.05) is 16.4 Å². The Bertz CT molecular complexity index is 889. The second-order valence-corrected chi connectivity index (χ2v) is 6.81. The second-order valence-electron chi connectivity index (χ2n) is 6.45. The van der Waals surface area contributed by atoms with E-state index in [1.54, 1.807) is 27.8 Å². The molecule has 3 atom stereocenters. The molecular weight excluding hydrogens is 375 g/mol. The number of rotatable bonds is 4. The highest BCUT2D eigenvalue weighted by atomic mass is 32.1. The Morgan fingerprint density at radius 2 is 2.22 bits per heavy atom. The van der Waals surface area contributed by atoms with Gasteiger partial charge in [-0.15, -0.1) is 0 Å². The van der Waals surface area contributed by atoms with E-state index >= 15 is 0 Å². The number of amides is 1. The molecule has 1 aromatic carbocycles. The average molecular weight is 394 g/mol. The molecule has 144 valence electrons. The van der Waals surface area contributed by atoms with E-state index in [1.807, 2.05) is 13.0 Å². The first-order valence-corrected chi connectivity index (χ1v) is 9.01. The number of anilines is 2. The fourth-order valence-electron chi connectivity index (χ4n) is 3.29. The van der Waals surface area contributed by atoms with Crippen molar-refractivity contribution in [1.29, 1.82) is 0 Å². The maximum atomic E-state index is 14.1. The van der Waals surface area contributed by atoms with E-state index in [-0.39, 0.29) is 12.6 Å². The Labute approximate surface area is 159 Å². The van der Waals surface area contributed by atoms with Crippen molar-refractivity contribution in [2.75, 3.05) is 36.1 Å². The number of aromatic nitrogens is 4. The number of aromatic amines is 1. The SMILES string of the molecule is C[C@H](C1CN(c2cccc(N3CCOCC3F)c2)C(=O)O1)n1[nH]nnc1=S. The Hall–Kier alpha value is -2.53. The minimum atomic E-state index is -1.21. The number of hydrogen-bond donors (Lipinski definition) is 1. The van der Waals surface area contributed by atoms with Gasteiger partial charge in [0.15, 0.2) is 6.30 Å². The van der Waals surface area contributed by atoms with Gasteiger partial charge in [0.25, 0.3) is 0 Å². The smallest absolute Gasteiger partial charge is 0.414 e. The van der Waals surface area contributed by atoms with Crippen LogP contribution in [0.25, 0.3) is 0 Å². The van der Waals surface area contributed by atoms with Gasteiger partial charge in [0.1, 0.15) is 6.10 Å². The summed E-state index contributed by atoms with van der Waals surface area (Å²) in [5.41, 5.74) is 1.35. The predicted molar refractivity (Wildman–Crippen MR) is 97.0 cm³/mol. The van der Waals surface area contributed by atoms with E-state index in [0.717, 1.165) is 0 Å². The van der Waals surface area contributed by atoms with Gasteiger partial charge in [0.2, 0.25) is 4.77 Å². The van der Waals surface area contributed by atoms with Gasteiger partial charge in [-0.05, 0) is 37.3 Å². The van der Waals surface area contributed by atoms with Gasteiger partial charge in [0.05, 0.1) is 25.8 Å². The lowest BCUT2D eigenvalue weighted by atomic mass is 10.1. The minimum absolute atomic E-state index is 0.0361. The van der Waals surface area contributed by atoms with Crippen LogP contribution in [-0.4, -0.2) is 65.0 Å². The van der Waals surface area contributed by atoms with Crippen molar-refractivity contribution >= 4 is 29.7 Å². The van der Waals surface area contributed by atoms with Crippen LogP contribution < -0.4 is 9.80 Å². The molecule has 0 aliphatic carbocycles. The Balaban J connectivity index is 1.53. The van der Waals surface area contributed by atoms with Gasteiger partial charge in [0, 0.05) is 17.9 Å². The number of alkyl halides is 1. The van der Waals surface area contributed by atoms with Crippen molar-refractivity contribution in [2.45, 2.75) is 25.4 Å². The highest BCUT2D eigenvalue weighted by Crippen LogP contribution is 2.30. The monoisotopic (exact) mass is 394 g/mol. The maximum Gasteiger partial charge on any atom is 0.414 e. The number of tetrazole rings is 1. The molecular formula is C16H19FN6O3S. The zero-order valence-electron chi connectivity index (χ0n) is 14.6. The summed E-state index contributed by atoms with van der Waals surface area (Å²) in [5, 5.41) is 10.1. The van der Waals surface area contributed by atoms with Gasteiger partial charge < -0.3 is 14.4 Å². The summed E-state index contributed by atoms with van der Waals surface area (Å²) in [4.78, 5) is 15.6. The van der Waals surface area contributed by atoms with Crippen molar-refractivity contribution in [2.24, 2.45) is 0 Å². The van der Waals surface area contributed by atoms with Crippen molar-refractivity contribution in [3.05, 3.63) is 29.0 Å². The molecule has 0 spiro atoms. The molecule has 2 saturated heterocycles. The van der Waals surface area contributed by atoms with Crippen molar-refractivity contribution in [1.82, 2.24) is 20.2 Å². The molecule has 0 saturated carbocycles. The van der Waals surface area contributed by atoms with Crippen LogP contribution in [0.4, 0.5) is 20.6 Å². The summed E-state index contributed by atoms with van der Waals surface area (Å²) in [5.74, 6) is 0. The summed E-state index contributed by atoms with van der Waals surface area (Å²) in [6.45, 7) is 3.17. The van der Waals surface area contributed by atoms with Crippen LogP contribution in [0.3, 0.4) is 0 Å². The van der Waals surface area contributed by atoms with Crippen LogP contribution >= 0.6 is 12.2 Å². The average Bonchev–Trinajstić information content (AvgIpc) is 3.27. The van der Waals surface area contributed by atoms with E-state index in [1.165, 1.54) is 4.90 Å². The molecule has 4 rings (SSSR count). The standard InChI is InChI=1S/C16H19FN6O3S/c1-10(23-15(27)18-19-20-23)13-8-22(16(24)26-13)12-4-2-3-11(7-12)21-5-6-25-9-14(21)17/h2-4,7,10,13-14H,5-6,8-9H2,1H3,(H,18,20,27)/t10-,13?,14?/m1/s1. The zero-order valence-corrected chi connectivity index (χ0v) is 15.4. The number of benzene rings is 1. The molecule has 27 heavy (non-hydrogen) atoms. The molecule has 1 amide bonds. The van der Waals surface area contributed by atoms with Crippen LogP contribution in [0.15, 0.2) is 24.3 Å². The number of morpholine rings is 1. The van der Waals surface area contributed by atoms with Crippen LogP contribution in [0.5, 0.6) is 0 Å². The minimum Gasteiger partial charge on any atom is -0.442 e. The number of H-pyrrole nitrogens is 1. The molecule has 0 radical (unpaired) electrons. The van der Waals surface area contributed by atoms with E-state index in [2.05, 4.69) is 15.5 Å². The van der Waals surface area contributed by atoms with Crippen molar-refractivity contribution < 1.29 is 18.7 Å². The lowest BCUT2D eigenvalue weighted by molar-refractivity contribution is 0.0497. The number of carbonyl (C=O) groups excluding carboxylic acids is 1. The van der Waals surface area contributed by atoms with Crippen LogP contribution in [0.2, 0.25) is 0 Å². The molecule has 3 heterocycles. The van der Waals surface area contributed by atoms with Crippen LogP contribution in [-0.2, 0) is 9.47 Å². The number of ether oxygens (including phenoxy) is 2. The van der Waals surface area contributed by atoms with Gasteiger partial charge >= 0.3 is 6.09 Å². The lowest BCUT2D eigenvalue weighted by Gasteiger charge is -2.32.